The maximum absolute atomic E-state index is 14.1. The summed E-state index contributed by atoms with van der Waals surface area (Å²) in [6.07, 6.45) is 0. The molecule has 3 aromatic rings. The summed E-state index contributed by atoms with van der Waals surface area (Å²) in [5.41, 5.74) is 2.85. The predicted molar refractivity (Wildman–Crippen MR) is 147 cm³/mol. The lowest BCUT2D eigenvalue weighted by molar-refractivity contribution is 0.103. The smallest absolute Gasteiger partial charge is 0.289 e. The van der Waals surface area contributed by atoms with Crippen LogP contribution in [0.25, 0.3) is 0 Å². The molecule has 1 unspecified atom stereocenters. The number of carbonyl (C=O) groups excluding carboxylic acids is 2. The molecule has 3 aromatic carbocycles. The molecule has 3 nitrogen and oxygen atoms in total. The van der Waals surface area contributed by atoms with Crippen LogP contribution in [0.15, 0.2) is 54.6 Å². The summed E-state index contributed by atoms with van der Waals surface area (Å²) in [6.45, 7) is 12.0. The highest BCUT2D eigenvalue weighted by Gasteiger charge is 2.43. The van der Waals surface area contributed by atoms with E-state index in [1.807, 2.05) is 65.8 Å². The highest BCUT2D eigenvalue weighted by Crippen LogP contribution is 2.41. The summed E-state index contributed by atoms with van der Waals surface area (Å²) < 4.78 is 14.1. The molecule has 6 heteroatoms. The van der Waals surface area contributed by atoms with Gasteiger partial charge in [-0.15, -0.1) is 0 Å². The molecular formula is C29H30Cl2O3P+. The minimum absolute atomic E-state index is 0.0191. The molecule has 0 saturated carbocycles. The molecule has 35 heavy (non-hydrogen) atoms. The van der Waals surface area contributed by atoms with Crippen molar-refractivity contribution in [2.24, 2.45) is 0 Å². The van der Waals surface area contributed by atoms with Crippen molar-refractivity contribution in [1.29, 1.82) is 0 Å². The first kappa shape index (κ1) is 27.3. The second-order valence-corrected chi connectivity index (χ2v) is 11.8. The number of ketones is 1. The zero-order valence-electron chi connectivity index (χ0n) is 20.9. The summed E-state index contributed by atoms with van der Waals surface area (Å²) in [7, 11) is -2.60. The monoisotopic (exact) mass is 527 g/mol. The Balaban J connectivity index is 2.40. The third-order valence-corrected chi connectivity index (χ3v) is 8.17. The summed E-state index contributed by atoms with van der Waals surface area (Å²) >= 11 is 12.6. The summed E-state index contributed by atoms with van der Waals surface area (Å²) in [4.78, 5) is 27.4. The van der Waals surface area contributed by atoms with Gasteiger partial charge in [-0.05, 0) is 41.5 Å². The van der Waals surface area contributed by atoms with Gasteiger partial charge in [-0.1, -0.05) is 106 Å². The molecule has 0 heterocycles. The van der Waals surface area contributed by atoms with Crippen molar-refractivity contribution >= 4 is 47.6 Å². The Hall–Kier alpha value is -2.32. The van der Waals surface area contributed by atoms with Gasteiger partial charge < -0.3 is 0 Å². The van der Waals surface area contributed by atoms with Crippen molar-refractivity contribution in [3.8, 4) is 0 Å². The van der Waals surface area contributed by atoms with E-state index in [1.165, 1.54) is 0 Å². The molecule has 0 aromatic heterocycles. The Kier molecular flexibility index (Phi) is 8.70. The number of benzene rings is 3. The lowest BCUT2D eigenvalue weighted by Gasteiger charge is -2.22. The van der Waals surface area contributed by atoms with E-state index in [0.717, 1.165) is 11.1 Å². The first-order chi connectivity index (χ1) is 16.5. The second kappa shape index (κ2) is 11.2. The Morgan fingerprint density at radius 1 is 0.714 bits per heavy atom. The summed E-state index contributed by atoms with van der Waals surface area (Å²) in [5.74, 6) is -0.263. The van der Waals surface area contributed by atoms with Crippen molar-refractivity contribution < 1.29 is 14.2 Å². The van der Waals surface area contributed by atoms with Gasteiger partial charge >= 0.3 is 13.3 Å². The molecule has 0 radical (unpaired) electrons. The Bertz CT molecular complexity index is 1270. The first-order valence-electron chi connectivity index (χ1n) is 11.7. The Morgan fingerprint density at radius 2 is 1.26 bits per heavy atom. The average Bonchev–Trinajstić information content (AvgIpc) is 2.81. The van der Waals surface area contributed by atoms with Gasteiger partial charge in [0.05, 0.1) is 10.0 Å². The fourth-order valence-electron chi connectivity index (χ4n) is 4.31. The molecule has 0 amide bonds. The van der Waals surface area contributed by atoms with Crippen molar-refractivity contribution in [3.63, 3.8) is 0 Å². The van der Waals surface area contributed by atoms with E-state index in [2.05, 4.69) is 0 Å². The van der Waals surface area contributed by atoms with Gasteiger partial charge in [-0.25, -0.2) is 4.79 Å². The fraction of sp³-hybridized carbons (Fsp3) is 0.310. The molecular weight excluding hydrogens is 498 g/mol. The maximum atomic E-state index is 14.1. The van der Waals surface area contributed by atoms with Crippen LogP contribution in [-0.4, -0.2) is 11.3 Å². The second-order valence-electron chi connectivity index (χ2n) is 9.55. The van der Waals surface area contributed by atoms with Crippen molar-refractivity contribution in [2.45, 2.75) is 59.3 Å². The molecule has 0 aliphatic carbocycles. The highest BCUT2D eigenvalue weighted by atomic mass is 35.5. The third-order valence-electron chi connectivity index (χ3n) is 6.05. The lowest BCUT2D eigenvalue weighted by atomic mass is 9.81. The number of hydrogen-bond donors (Lipinski definition) is 0. The predicted octanol–water partition coefficient (Wildman–Crippen LogP) is 8.89. The molecule has 182 valence electrons. The average molecular weight is 528 g/mol. The normalized spacial score (nSPS) is 11.9. The number of hydrogen-bond acceptors (Lipinski definition) is 3. The van der Waals surface area contributed by atoms with Crippen LogP contribution >= 0.6 is 31.0 Å². The van der Waals surface area contributed by atoms with Crippen LogP contribution in [0.5, 0.6) is 0 Å². The van der Waals surface area contributed by atoms with E-state index in [0.29, 0.717) is 22.0 Å². The standard InChI is InChI=1S/C29H30Cl2O3P/c1-16(2)20-15-21(17(3)4)28(35(34)29(33)26-22(30)13-10-14-23(26)31)24(18(5)6)25(20)27(32)19-11-8-7-9-12-19/h7-18H,1-6H3/q+1. The van der Waals surface area contributed by atoms with E-state index >= 15 is 0 Å². The highest BCUT2D eigenvalue weighted by molar-refractivity contribution is 7.71. The largest absolute Gasteiger partial charge is 0.459 e. The van der Waals surface area contributed by atoms with Gasteiger partial charge in [-0.3, -0.25) is 4.79 Å². The molecule has 0 bridgehead atoms. The van der Waals surface area contributed by atoms with Crippen LogP contribution in [0.4, 0.5) is 0 Å². The van der Waals surface area contributed by atoms with Gasteiger partial charge in [0.1, 0.15) is 5.56 Å². The molecule has 0 aliphatic heterocycles. The van der Waals surface area contributed by atoms with Crippen molar-refractivity contribution in [1.82, 2.24) is 0 Å². The zero-order valence-corrected chi connectivity index (χ0v) is 23.3. The Morgan fingerprint density at radius 3 is 1.74 bits per heavy atom. The van der Waals surface area contributed by atoms with Gasteiger partial charge in [-0.2, -0.15) is 0 Å². The Labute approximate surface area is 218 Å². The van der Waals surface area contributed by atoms with E-state index in [9.17, 15) is 14.2 Å². The minimum Gasteiger partial charge on any atom is -0.289 e. The third kappa shape index (κ3) is 5.43. The number of rotatable bonds is 8. The topological polar surface area (TPSA) is 51.2 Å². The van der Waals surface area contributed by atoms with Crippen molar-refractivity contribution in [3.05, 3.63) is 98.0 Å². The fourth-order valence-corrected chi connectivity index (χ4v) is 6.81. The first-order valence-corrected chi connectivity index (χ1v) is 13.7. The van der Waals surface area contributed by atoms with Crippen LogP contribution in [0, 0.1) is 0 Å². The van der Waals surface area contributed by atoms with Gasteiger partial charge in [0.25, 0.3) is 0 Å². The zero-order chi connectivity index (χ0) is 26.0. The summed E-state index contributed by atoms with van der Waals surface area (Å²) in [5, 5.41) is 0.736. The molecule has 0 aliphatic rings. The van der Waals surface area contributed by atoms with E-state index < -0.39 is 13.3 Å². The van der Waals surface area contributed by atoms with Crippen molar-refractivity contribution in [2.75, 3.05) is 0 Å². The van der Waals surface area contributed by atoms with Crippen LogP contribution < -0.4 is 5.30 Å². The summed E-state index contributed by atoms with van der Waals surface area (Å²) in [6, 6.07) is 15.8. The molecule has 0 fully saturated rings. The van der Waals surface area contributed by atoms with Gasteiger partial charge in [0, 0.05) is 22.3 Å². The van der Waals surface area contributed by atoms with E-state index in [4.69, 9.17) is 23.2 Å². The minimum atomic E-state index is -2.60. The quantitative estimate of drug-likeness (QED) is 0.217. The van der Waals surface area contributed by atoms with E-state index in [-0.39, 0.29) is 39.1 Å². The molecule has 1 atom stereocenters. The maximum Gasteiger partial charge on any atom is 0.459 e. The number of halogens is 2. The van der Waals surface area contributed by atoms with Crippen LogP contribution in [0.3, 0.4) is 0 Å². The van der Waals surface area contributed by atoms with Crippen LogP contribution in [0.1, 0.15) is 102 Å². The van der Waals surface area contributed by atoms with Gasteiger partial charge in [0.2, 0.25) is 5.30 Å². The molecule has 3 rings (SSSR count). The number of carbonyl (C=O) groups is 2. The molecule has 0 N–H and O–H groups in total. The lowest BCUT2D eigenvalue weighted by Crippen LogP contribution is -2.24. The SMILES string of the molecule is CC(C)c1cc(C(C)C)c([P+](=O)C(=O)c2c(Cl)cccc2Cl)c(C(C)C)c1C(=O)c1ccccc1. The van der Waals surface area contributed by atoms with Gasteiger partial charge in [0.15, 0.2) is 5.78 Å². The molecule has 0 spiro atoms. The molecule has 0 saturated heterocycles. The van der Waals surface area contributed by atoms with Crippen LogP contribution in [0.2, 0.25) is 10.0 Å². The van der Waals surface area contributed by atoms with E-state index in [1.54, 1.807) is 30.3 Å². The van der Waals surface area contributed by atoms with Crippen LogP contribution in [-0.2, 0) is 4.57 Å².